The van der Waals surface area contributed by atoms with Crippen LogP contribution in [0.15, 0.2) is 52.2 Å². The van der Waals surface area contributed by atoms with E-state index in [9.17, 15) is 18.0 Å². The van der Waals surface area contributed by atoms with Crippen LogP contribution in [0.1, 0.15) is 10.4 Å². The molecule has 164 valence electrons. The van der Waals surface area contributed by atoms with Crippen molar-refractivity contribution < 1.29 is 17.9 Å². The number of hydrogen-bond acceptors (Lipinski definition) is 5. The van der Waals surface area contributed by atoms with Crippen molar-refractivity contribution in [3.05, 3.63) is 58.5 Å². The van der Waals surface area contributed by atoms with Crippen LogP contribution in [0, 0.1) is 0 Å². The summed E-state index contributed by atoms with van der Waals surface area (Å²) in [6.07, 6.45) is 0. The van der Waals surface area contributed by atoms with Crippen LogP contribution in [-0.2, 0) is 24.1 Å². The molecule has 2 heterocycles. The van der Waals surface area contributed by atoms with Crippen molar-refractivity contribution in [1.29, 1.82) is 0 Å². The van der Waals surface area contributed by atoms with Crippen molar-refractivity contribution in [1.82, 2.24) is 18.3 Å². The van der Waals surface area contributed by atoms with Crippen LogP contribution in [0.4, 0.5) is 0 Å². The van der Waals surface area contributed by atoms with E-state index in [0.29, 0.717) is 35.4 Å². The highest BCUT2D eigenvalue weighted by Gasteiger charge is 2.31. The summed E-state index contributed by atoms with van der Waals surface area (Å²) in [5.74, 6) is 0.528. The lowest BCUT2D eigenvalue weighted by Crippen LogP contribution is -2.50. The first-order chi connectivity index (χ1) is 14.7. The van der Waals surface area contributed by atoms with E-state index in [4.69, 9.17) is 4.74 Å². The van der Waals surface area contributed by atoms with E-state index in [2.05, 4.69) is 0 Å². The fourth-order valence-electron chi connectivity index (χ4n) is 3.84. The highest BCUT2D eigenvalue weighted by molar-refractivity contribution is 7.89. The molecule has 0 spiro atoms. The lowest BCUT2D eigenvalue weighted by atomic mass is 10.2. The number of imidazole rings is 1. The predicted molar refractivity (Wildman–Crippen MR) is 116 cm³/mol. The smallest absolute Gasteiger partial charge is 0.328 e. The number of amides is 1. The number of rotatable bonds is 4. The molecule has 0 bridgehead atoms. The van der Waals surface area contributed by atoms with E-state index >= 15 is 0 Å². The van der Waals surface area contributed by atoms with Gasteiger partial charge in [-0.05, 0) is 42.5 Å². The van der Waals surface area contributed by atoms with Crippen molar-refractivity contribution in [3.8, 4) is 5.75 Å². The molecular formula is C21H24N4O5S. The summed E-state index contributed by atoms with van der Waals surface area (Å²) >= 11 is 0. The number of aromatic nitrogens is 2. The fraction of sp³-hybridized carbons (Fsp3) is 0.333. The Morgan fingerprint density at radius 1 is 0.903 bits per heavy atom. The number of sulfonamides is 1. The van der Waals surface area contributed by atoms with Gasteiger partial charge < -0.3 is 9.64 Å². The maximum Gasteiger partial charge on any atom is 0.328 e. The summed E-state index contributed by atoms with van der Waals surface area (Å²) in [4.78, 5) is 26.6. The Morgan fingerprint density at radius 2 is 1.52 bits per heavy atom. The van der Waals surface area contributed by atoms with E-state index in [0.717, 1.165) is 0 Å². The molecule has 4 rings (SSSR count). The average Bonchev–Trinajstić information content (AvgIpc) is 3.02. The molecule has 2 aromatic carbocycles. The number of hydrogen-bond donors (Lipinski definition) is 0. The maximum atomic E-state index is 13.2. The van der Waals surface area contributed by atoms with Gasteiger partial charge in [-0.3, -0.25) is 13.9 Å². The van der Waals surface area contributed by atoms with Crippen molar-refractivity contribution in [3.63, 3.8) is 0 Å². The summed E-state index contributed by atoms with van der Waals surface area (Å²) in [7, 11) is 1.09. The summed E-state index contributed by atoms with van der Waals surface area (Å²) in [5.41, 5.74) is 1.55. The van der Waals surface area contributed by atoms with E-state index in [-0.39, 0.29) is 29.6 Å². The number of benzene rings is 2. The molecule has 1 aliphatic heterocycles. The lowest BCUT2D eigenvalue weighted by Gasteiger charge is -2.34. The van der Waals surface area contributed by atoms with E-state index < -0.39 is 10.0 Å². The Balaban J connectivity index is 1.51. The second kappa shape index (κ2) is 7.86. The zero-order chi connectivity index (χ0) is 22.3. The minimum absolute atomic E-state index is 0.135. The zero-order valence-corrected chi connectivity index (χ0v) is 18.4. The normalized spacial score (nSPS) is 15.4. The van der Waals surface area contributed by atoms with Crippen LogP contribution in [-0.4, -0.2) is 66.0 Å². The van der Waals surface area contributed by atoms with Crippen LogP contribution in [0.25, 0.3) is 11.0 Å². The summed E-state index contributed by atoms with van der Waals surface area (Å²) in [5, 5.41) is 0. The first-order valence-corrected chi connectivity index (χ1v) is 11.3. The molecule has 0 saturated carbocycles. The third-order valence-corrected chi connectivity index (χ3v) is 7.64. The van der Waals surface area contributed by atoms with Gasteiger partial charge in [0.1, 0.15) is 5.75 Å². The molecule has 31 heavy (non-hydrogen) atoms. The largest absolute Gasteiger partial charge is 0.497 e. The molecule has 0 atom stereocenters. The van der Waals surface area contributed by atoms with Gasteiger partial charge in [-0.1, -0.05) is 0 Å². The topological polar surface area (TPSA) is 93.8 Å². The van der Waals surface area contributed by atoms with E-state index in [1.807, 2.05) is 0 Å². The van der Waals surface area contributed by atoms with Gasteiger partial charge in [0.2, 0.25) is 10.0 Å². The van der Waals surface area contributed by atoms with Crippen molar-refractivity contribution in [2.24, 2.45) is 14.1 Å². The Hall–Kier alpha value is -3.11. The van der Waals surface area contributed by atoms with Crippen LogP contribution in [0.5, 0.6) is 5.75 Å². The Kier molecular flexibility index (Phi) is 5.36. The van der Waals surface area contributed by atoms with Gasteiger partial charge in [0, 0.05) is 45.8 Å². The fourth-order valence-corrected chi connectivity index (χ4v) is 5.29. The van der Waals surface area contributed by atoms with E-state index in [1.54, 1.807) is 56.4 Å². The third-order valence-electron chi connectivity index (χ3n) is 5.74. The quantitative estimate of drug-likeness (QED) is 0.599. The first-order valence-electron chi connectivity index (χ1n) is 9.83. The van der Waals surface area contributed by atoms with Gasteiger partial charge >= 0.3 is 5.69 Å². The first kappa shape index (κ1) is 21.1. The molecule has 1 amide bonds. The van der Waals surface area contributed by atoms with E-state index in [1.165, 1.54) is 25.6 Å². The van der Waals surface area contributed by atoms with Crippen molar-refractivity contribution >= 4 is 27.0 Å². The summed E-state index contributed by atoms with van der Waals surface area (Å²) < 4.78 is 35.7. The number of carbonyl (C=O) groups is 1. The molecule has 10 heteroatoms. The number of piperazine rings is 1. The van der Waals surface area contributed by atoms with Gasteiger partial charge in [0.05, 0.1) is 23.0 Å². The van der Waals surface area contributed by atoms with Crippen LogP contribution >= 0.6 is 0 Å². The molecule has 0 radical (unpaired) electrons. The minimum Gasteiger partial charge on any atom is -0.497 e. The standard InChI is InChI=1S/C21H24N4O5S/c1-22-18-9-8-17(14-19(18)23(2)21(22)27)31(28,29)25-12-10-24(11-13-25)20(26)15-4-6-16(30-3)7-5-15/h4-9,14H,10-13H2,1-3H3. The molecule has 0 unspecified atom stereocenters. The van der Waals surface area contributed by atoms with Gasteiger partial charge in [0.15, 0.2) is 0 Å². The summed E-state index contributed by atoms with van der Waals surface area (Å²) in [6, 6.07) is 11.5. The molecule has 1 saturated heterocycles. The van der Waals surface area contributed by atoms with Gasteiger partial charge in [-0.2, -0.15) is 4.31 Å². The second-order valence-corrected chi connectivity index (χ2v) is 9.41. The SMILES string of the molecule is COc1ccc(C(=O)N2CCN(S(=O)(=O)c3ccc4c(c3)n(C)c(=O)n4C)CC2)cc1. The zero-order valence-electron chi connectivity index (χ0n) is 17.6. The molecule has 1 aromatic heterocycles. The van der Waals surface area contributed by atoms with Crippen LogP contribution in [0.3, 0.4) is 0 Å². The Bertz CT molecular complexity index is 1300. The molecule has 0 N–H and O–H groups in total. The minimum atomic E-state index is -3.74. The second-order valence-electron chi connectivity index (χ2n) is 7.48. The number of fused-ring (bicyclic) bond motifs is 1. The highest BCUT2D eigenvalue weighted by atomic mass is 32.2. The highest BCUT2D eigenvalue weighted by Crippen LogP contribution is 2.23. The lowest BCUT2D eigenvalue weighted by molar-refractivity contribution is 0.0698. The molecular weight excluding hydrogens is 420 g/mol. The van der Waals surface area contributed by atoms with Gasteiger partial charge in [-0.15, -0.1) is 0 Å². The molecule has 0 aliphatic carbocycles. The Morgan fingerprint density at radius 3 is 2.13 bits per heavy atom. The van der Waals surface area contributed by atoms with Crippen molar-refractivity contribution in [2.75, 3.05) is 33.3 Å². The van der Waals surface area contributed by atoms with Gasteiger partial charge in [-0.25, -0.2) is 13.2 Å². The van der Waals surface area contributed by atoms with Crippen LogP contribution in [0.2, 0.25) is 0 Å². The number of ether oxygens (including phenoxy) is 1. The number of aryl methyl sites for hydroxylation is 2. The predicted octanol–water partition coefficient (Wildman–Crippen LogP) is 1.03. The number of carbonyl (C=O) groups excluding carboxylic acids is 1. The van der Waals surface area contributed by atoms with Crippen molar-refractivity contribution in [2.45, 2.75) is 4.90 Å². The monoisotopic (exact) mass is 444 g/mol. The molecule has 9 nitrogen and oxygen atoms in total. The average molecular weight is 445 g/mol. The van der Waals surface area contributed by atoms with Crippen LogP contribution < -0.4 is 10.4 Å². The molecule has 3 aromatic rings. The maximum absolute atomic E-state index is 13.2. The Labute approximate surface area is 180 Å². The number of methoxy groups -OCH3 is 1. The van der Waals surface area contributed by atoms with Gasteiger partial charge in [0.25, 0.3) is 5.91 Å². The molecule has 1 aliphatic rings. The summed E-state index contributed by atoms with van der Waals surface area (Å²) in [6.45, 7) is 1.01. The third kappa shape index (κ3) is 3.61. The molecule has 1 fully saturated rings. The number of nitrogens with zero attached hydrogens (tertiary/aromatic N) is 4.